The summed E-state index contributed by atoms with van der Waals surface area (Å²) < 4.78 is 4.98. The van der Waals surface area contributed by atoms with Crippen LogP contribution in [0.4, 0.5) is 0 Å². The van der Waals surface area contributed by atoms with Crippen molar-refractivity contribution in [2.45, 2.75) is 38.1 Å². The molecule has 2 N–H and O–H groups in total. The first-order chi connectivity index (χ1) is 7.36. The summed E-state index contributed by atoms with van der Waals surface area (Å²) in [6.45, 7) is 1.52. The van der Waals surface area contributed by atoms with E-state index in [9.17, 15) is 0 Å². The number of aliphatic imine (C=N–C) groups is 1. The molecule has 1 aliphatic carbocycles. The average molecular weight is 213 g/mol. The van der Waals surface area contributed by atoms with Gasteiger partial charge in [0.1, 0.15) is 0 Å². The first-order valence-electron chi connectivity index (χ1n) is 5.83. The molecule has 4 nitrogen and oxygen atoms in total. The fraction of sp³-hybridized carbons (Fsp3) is 0.909. The number of hydrogen-bond donors (Lipinski definition) is 2. The van der Waals surface area contributed by atoms with E-state index < -0.39 is 0 Å². The van der Waals surface area contributed by atoms with Crippen molar-refractivity contribution in [2.75, 3.05) is 27.3 Å². The Hall–Kier alpha value is -0.770. The highest BCUT2D eigenvalue weighted by Crippen LogP contribution is 2.16. The molecule has 1 rings (SSSR count). The van der Waals surface area contributed by atoms with Crippen molar-refractivity contribution in [1.82, 2.24) is 10.6 Å². The summed E-state index contributed by atoms with van der Waals surface area (Å²) >= 11 is 0. The lowest BCUT2D eigenvalue weighted by atomic mass is 9.96. The van der Waals surface area contributed by atoms with Gasteiger partial charge < -0.3 is 15.4 Å². The summed E-state index contributed by atoms with van der Waals surface area (Å²) in [5.41, 5.74) is 0. The van der Waals surface area contributed by atoms with Gasteiger partial charge in [-0.2, -0.15) is 0 Å². The standard InChI is InChI=1S/C11H23N3O/c1-12-11(13-8-9-15-2)14-10-6-4-3-5-7-10/h10H,3-9H2,1-2H3,(H2,12,13,14). The third-order valence-corrected chi connectivity index (χ3v) is 2.77. The summed E-state index contributed by atoms with van der Waals surface area (Å²) in [6.07, 6.45) is 6.60. The van der Waals surface area contributed by atoms with Crippen LogP contribution in [0, 0.1) is 0 Å². The molecule has 0 atom stereocenters. The predicted molar refractivity (Wildman–Crippen MR) is 63.2 cm³/mol. The van der Waals surface area contributed by atoms with Crippen LogP contribution >= 0.6 is 0 Å². The van der Waals surface area contributed by atoms with Gasteiger partial charge in [0.15, 0.2) is 5.96 Å². The zero-order valence-corrected chi connectivity index (χ0v) is 9.88. The molecule has 0 unspecified atom stereocenters. The maximum Gasteiger partial charge on any atom is 0.191 e. The number of hydrogen-bond acceptors (Lipinski definition) is 2. The van der Waals surface area contributed by atoms with Crippen LogP contribution in [-0.4, -0.2) is 39.3 Å². The Balaban J connectivity index is 2.20. The fourth-order valence-corrected chi connectivity index (χ4v) is 1.91. The van der Waals surface area contributed by atoms with Crippen LogP contribution in [0.2, 0.25) is 0 Å². The molecule has 0 radical (unpaired) electrons. The minimum atomic E-state index is 0.604. The normalized spacial score (nSPS) is 18.9. The molecule has 1 saturated carbocycles. The van der Waals surface area contributed by atoms with E-state index in [4.69, 9.17) is 4.74 Å². The van der Waals surface area contributed by atoms with Gasteiger partial charge in [0.25, 0.3) is 0 Å². The molecule has 0 aromatic heterocycles. The van der Waals surface area contributed by atoms with Crippen molar-refractivity contribution in [2.24, 2.45) is 4.99 Å². The van der Waals surface area contributed by atoms with Crippen LogP contribution in [0.3, 0.4) is 0 Å². The van der Waals surface area contributed by atoms with Crippen molar-refractivity contribution < 1.29 is 4.74 Å². The van der Waals surface area contributed by atoms with E-state index in [0.29, 0.717) is 12.6 Å². The molecule has 0 aliphatic heterocycles. The lowest BCUT2D eigenvalue weighted by molar-refractivity contribution is 0.203. The molecule has 0 bridgehead atoms. The monoisotopic (exact) mass is 213 g/mol. The highest BCUT2D eigenvalue weighted by molar-refractivity contribution is 5.79. The van der Waals surface area contributed by atoms with Gasteiger partial charge in [0.05, 0.1) is 6.61 Å². The largest absolute Gasteiger partial charge is 0.383 e. The zero-order valence-electron chi connectivity index (χ0n) is 9.88. The van der Waals surface area contributed by atoms with Gasteiger partial charge in [-0.1, -0.05) is 19.3 Å². The summed E-state index contributed by atoms with van der Waals surface area (Å²) in [4.78, 5) is 4.19. The molecule has 0 heterocycles. The van der Waals surface area contributed by atoms with Crippen molar-refractivity contribution in [3.63, 3.8) is 0 Å². The summed E-state index contributed by atoms with van der Waals surface area (Å²) in [6, 6.07) is 0.604. The van der Waals surface area contributed by atoms with Crippen LogP contribution in [0.15, 0.2) is 4.99 Å². The molecular formula is C11H23N3O. The number of methoxy groups -OCH3 is 1. The van der Waals surface area contributed by atoms with Gasteiger partial charge >= 0.3 is 0 Å². The van der Waals surface area contributed by atoms with Crippen molar-refractivity contribution in [1.29, 1.82) is 0 Å². The minimum Gasteiger partial charge on any atom is -0.383 e. The number of nitrogens with zero attached hydrogens (tertiary/aromatic N) is 1. The first kappa shape index (κ1) is 12.3. The van der Waals surface area contributed by atoms with Crippen molar-refractivity contribution in [3.05, 3.63) is 0 Å². The van der Waals surface area contributed by atoms with Gasteiger partial charge in [-0.15, -0.1) is 0 Å². The van der Waals surface area contributed by atoms with Crippen LogP contribution in [0.1, 0.15) is 32.1 Å². The number of guanidine groups is 1. The molecule has 0 aromatic rings. The second-order valence-electron chi connectivity index (χ2n) is 3.97. The third kappa shape index (κ3) is 5.02. The highest BCUT2D eigenvalue weighted by atomic mass is 16.5. The van der Waals surface area contributed by atoms with E-state index >= 15 is 0 Å². The Kier molecular flexibility index (Phi) is 6.16. The topological polar surface area (TPSA) is 45.7 Å². The Morgan fingerprint density at radius 3 is 2.67 bits per heavy atom. The maximum absolute atomic E-state index is 4.98. The van der Waals surface area contributed by atoms with Crippen LogP contribution < -0.4 is 10.6 Å². The number of nitrogens with one attached hydrogen (secondary N) is 2. The second-order valence-corrected chi connectivity index (χ2v) is 3.97. The van der Waals surface area contributed by atoms with Gasteiger partial charge in [-0.25, -0.2) is 0 Å². The lowest BCUT2D eigenvalue weighted by Gasteiger charge is -2.24. The maximum atomic E-state index is 4.98. The van der Waals surface area contributed by atoms with E-state index in [1.165, 1.54) is 32.1 Å². The Morgan fingerprint density at radius 1 is 1.33 bits per heavy atom. The molecule has 0 saturated heterocycles. The third-order valence-electron chi connectivity index (χ3n) is 2.77. The van der Waals surface area contributed by atoms with Crippen LogP contribution in [-0.2, 0) is 4.74 Å². The van der Waals surface area contributed by atoms with Gasteiger partial charge in [-0.05, 0) is 12.8 Å². The smallest absolute Gasteiger partial charge is 0.191 e. The van der Waals surface area contributed by atoms with Gasteiger partial charge in [0.2, 0.25) is 0 Å². The molecule has 4 heteroatoms. The number of rotatable bonds is 4. The molecule has 0 amide bonds. The summed E-state index contributed by atoms with van der Waals surface area (Å²) in [7, 11) is 3.52. The molecular weight excluding hydrogens is 190 g/mol. The first-order valence-corrected chi connectivity index (χ1v) is 5.83. The van der Waals surface area contributed by atoms with Crippen molar-refractivity contribution in [3.8, 4) is 0 Å². The summed E-state index contributed by atoms with van der Waals surface area (Å²) in [5.74, 6) is 0.902. The molecule has 88 valence electrons. The molecule has 1 aliphatic rings. The molecule has 0 aromatic carbocycles. The molecule has 15 heavy (non-hydrogen) atoms. The Bertz CT molecular complexity index is 188. The SMILES string of the molecule is CN=C(NCCOC)NC1CCCCC1. The van der Waals surface area contributed by atoms with Gasteiger partial charge in [0, 0.05) is 26.7 Å². The fourth-order valence-electron chi connectivity index (χ4n) is 1.91. The Labute approximate surface area is 92.5 Å². The van der Waals surface area contributed by atoms with Crippen LogP contribution in [0.5, 0.6) is 0 Å². The van der Waals surface area contributed by atoms with Crippen molar-refractivity contribution >= 4 is 5.96 Å². The summed E-state index contributed by atoms with van der Waals surface area (Å²) in [5, 5.41) is 6.68. The van der Waals surface area contributed by atoms with Gasteiger partial charge in [-0.3, -0.25) is 4.99 Å². The van der Waals surface area contributed by atoms with Crippen LogP contribution in [0.25, 0.3) is 0 Å². The quantitative estimate of drug-likeness (QED) is 0.418. The van der Waals surface area contributed by atoms with E-state index in [-0.39, 0.29) is 0 Å². The second kappa shape index (κ2) is 7.51. The molecule has 1 fully saturated rings. The van der Waals surface area contributed by atoms with E-state index in [2.05, 4.69) is 15.6 Å². The average Bonchev–Trinajstić information content (AvgIpc) is 2.29. The molecule has 0 spiro atoms. The van der Waals surface area contributed by atoms with E-state index in [0.717, 1.165) is 12.5 Å². The van der Waals surface area contributed by atoms with E-state index in [1.54, 1.807) is 7.11 Å². The minimum absolute atomic E-state index is 0.604. The highest BCUT2D eigenvalue weighted by Gasteiger charge is 2.13. The van der Waals surface area contributed by atoms with E-state index in [1.807, 2.05) is 7.05 Å². The lowest BCUT2D eigenvalue weighted by Crippen LogP contribution is -2.45. The predicted octanol–water partition coefficient (Wildman–Crippen LogP) is 1.13. The zero-order chi connectivity index (χ0) is 10.9. The number of ether oxygens (including phenoxy) is 1. The Morgan fingerprint density at radius 2 is 2.07 bits per heavy atom.